The number of amidine groups is 2. The molecule has 3 N–H and O–H groups in total. The summed E-state index contributed by atoms with van der Waals surface area (Å²) in [4.78, 5) is 8.12. The van der Waals surface area contributed by atoms with Crippen LogP contribution in [0.3, 0.4) is 0 Å². The van der Waals surface area contributed by atoms with Crippen molar-refractivity contribution in [2.45, 2.75) is 20.1 Å². The maximum absolute atomic E-state index is 8.75. The molecule has 1 rings (SSSR count). The lowest BCUT2D eigenvalue weighted by molar-refractivity contribution is 0.281. The molecule has 82 valence electrons. The van der Waals surface area contributed by atoms with Crippen LogP contribution >= 0.6 is 11.6 Å². The lowest BCUT2D eigenvalue weighted by Gasteiger charge is -2.28. The van der Waals surface area contributed by atoms with Crippen LogP contribution in [0.1, 0.15) is 13.8 Å². The van der Waals surface area contributed by atoms with Gasteiger partial charge in [0.1, 0.15) is 11.8 Å². The van der Waals surface area contributed by atoms with Crippen LogP contribution in [-0.4, -0.2) is 29.0 Å². The minimum absolute atomic E-state index is 0.132. The average molecular weight is 229 g/mol. The minimum Gasteiger partial charge on any atom is -0.278 e. The van der Waals surface area contributed by atoms with Gasteiger partial charge in [-0.05, 0) is 25.1 Å². The van der Waals surface area contributed by atoms with Gasteiger partial charge in [0.15, 0.2) is 6.29 Å². The van der Waals surface area contributed by atoms with Crippen LogP contribution in [0, 0.1) is 17.2 Å². The Balaban J connectivity index is 2.90. The lowest BCUT2D eigenvalue weighted by atomic mass is 10.2. The van der Waals surface area contributed by atoms with E-state index in [2.05, 4.69) is 15.3 Å². The van der Waals surface area contributed by atoms with Gasteiger partial charge in [0, 0.05) is 0 Å². The van der Waals surface area contributed by atoms with Gasteiger partial charge in [-0.15, -0.1) is 0 Å². The predicted octanol–water partition coefficient (Wildman–Crippen LogP) is 0.222. The molecule has 0 aromatic heterocycles. The Bertz CT molecular complexity index is 331. The smallest absolute Gasteiger partial charge is 0.217 e. The van der Waals surface area contributed by atoms with Crippen LogP contribution < -0.4 is 11.2 Å². The van der Waals surface area contributed by atoms with E-state index in [1.54, 1.807) is 6.92 Å². The number of halogens is 1. The summed E-state index contributed by atoms with van der Waals surface area (Å²) in [5.74, 6) is 5.63. The van der Waals surface area contributed by atoms with E-state index in [4.69, 9.17) is 22.7 Å². The normalized spacial score (nSPS) is 22.9. The van der Waals surface area contributed by atoms with Crippen molar-refractivity contribution < 1.29 is 0 Å². The highest BCUT2D eigenvalue weighted by molar-refractivity contribution is 6.65. The molecule has 0 saturated carbocycles. The van der Waals surface area contributed by atoms with Crippen molar-refractivity contribution in [2.75, 3.05) is 6.54 Å². The summed E-state index contributed by atoms with van der Waals surface area (Å²) in [6.07, 6.45) is -0.453. The third-order valence-corrected chi connectivity index (χ3v) is 2.19. The van der Waals surface area contributed by atoms with Crippen molar-refractivity contribution in [3.05, 3.63) is 0 Å². The topological polar surface area (TPSA) is 89.8 Å². The molecule has 1 aliphatic rings. The van der Waals surface area contributed by atoms with Crippen molar-refractivity contribution in [1.82, 2.24) is 10.3 Å². The number of aliphatic imine (C=N–C) groups is 2. The molecule has 0 aromatic rings. The summed E-state index contributed by atoms with van der Waals surface area (Å²) in [5.41, 5.74) is 0. The van der Waals surface area contributed by atoms with Crippen molar-refractivity contribution in [2.24, 2.45) is 21.7 Å². The van der Waals surface area contributed by atoms with E-state index in [-0.39, 0.29) is 5.29 Å². The molecule has 15 heavy (non-hydrogen) atoms. The molecule has 0 aromatic carbocycles. The van der Waals surface area contributed by atoms with Gasteiger partial charge in [-0.3, -0.25) is 5.32 Å². The second kappa shape index (κ2) is 5.07. The Kier molecular flexibility index (Phi) is 4.03. The maximum Gasteiger partial charge on any atom is 0.217 e. The molecular formula is C8H13ClN6. The minimum atomic E-state index is -0.453. The van der Waals surface area contributed by atoms with Gasteiger partial charge in [0.05, 0.1) is 6.07 Å². The monoisotopic (exact) mass is 228 g/mol. The Labute approximate surface area is 93.4 Å². The zero-order valence-electron chi connectivity index (χ0n) is 8.61. The molecule has 1 heterocycles. The molecule has 6 nitrogen and oxygen atoms in total. The molecule has 0 bridgehead atoms. The van der Waals surface area contributed by atoms with E-state index in [1.165, 1.54) is 5.01 Å². The van der Waals surface area contributed by atoms with Crippen molar-refractivity contribution >= 4 is 22.7 Å². The summed E-state index contributed by atoms with van der Waals surface area (Å²) in [7, 11) is 0. The number of hydrazine groups is 1. The first-order valence-corrected chi connectivity index (χ1v) is 4.96. The molecule has 2 atom stereocenters. The number of nitrogens with two attached hydrogens (primary N) is 1. The Morgan fingerprint density at radius 1 is 1.80 bits per heavy atom. The maximum atomic E-state index is 8.75. The molecule has 0 amide bonds. The van der Waals surface area contributed by atoms with E-state index < -0.39 is 12.2 Å². The highest BCUT2D eigenvalue weighted by Gasteiger charge is 2.24. The number of hydrogen-bond donors (Lipinski definition) is 2. The molecule has 0 aliphatic carbocycles. The largest absolute Gasteiger partial charge is 0.278 e. The average Bonchev–Trinajstić information content (AvgIpc) is 2.23. The Morgan fingerprint density at radius 2 is 2.47 bits per heavy atom. The highest BCUT2D eigenvalue weighted by Crippen LogP contribution is 2.11. The third-order valence-electron chi connectivity index (χ3n) is 1.91. The summed E-state index contributed by atoms with van der Waals surface area (Å²) in [6, 6.07) is 2.05. The number of nitriles is 1. The molecule has 0 fully saturated rings. The van der Waals surface area contributed by atoms with Gasteiger partial charge in [-0.2, -0.15) is 5.26 Å². The summed E-state index contributed by atoms with van der Waals surface area (Å²) in [5, 5.41) is 13.1. The zero-order chi connectivity index (χ0) is 11.4. The number of nitrogens with one attached hydrogen (secondary N) is 1. The molecular weight excluding hydrogens is 216 g/mol. The zero-order valence-corrected chi connectivity index (χ0v) is 9.36. The fraction of sp³-hybridized carbons (Fsp3) is 0.625. The van der Waals surface area contributed by atoms with E-state index in [0.29, 0.717) is 12.4 Å². The standard InChI is InChI=1S/C8H13ClN6/c1-3-12-8-14-6(5(2)4-10)13-7(9)15(8)11/h5,8,12H,3,11H2,1-2H3. The predicted molar refractivity (Wildman–Crippen MR) is 59.0 cm³/mol. The molecule has 0 radical (unpaired) electrons. The number of rotatable bonds is 3. The van der Waals surface area contributed by atoms with Gasteiger partial charge < -0.3 is 0 Å². The van der Waals surface area contributed by atoms with Crippen molar-refractivity contribution in [1.29, 1.82) is 5.26 Å². The number of hydrogen-bond acceptors (Lipinski definition) is 6. The van der Waals surface area contributed by atoms with Gasteiger partial charge >= 0.3 is 0 Å². The first-order valence-electron chi connectivity index (χ1n) is 4.59. The molecule has 1 aliphatic heterocycles. The Morgan fingerprint density at radius 3 is 3.00 bits per heavy atom. The van der Waals surface area contributed by atoms with E-state index in [9.17, 15) is 0 Å². The van der Waals surface area contributed by atoms with Crippen LogP contribution in [0.4, 0.5) is 0 Å². The third kappa shape index (κ3) is 2.65. The molecule has 7 heteroatoms. The van der Waals surface area contributed by atoms with Crippen molar-refractivity contribution in [3.63, 3.8) is 0 Å². The van der Waals surface area contributed by atoms with E-state index in [1.807, 2.05) is 13.0 Å². The van der Waals surface area contributed by atoms with Gasteiger partial charge in [-0.25, -0.2) is 20.8 Å². The molecule has 0 spiro atoms. The van der Waals surface area contributed by atoms with Crippen LogP contribution in [0.25, 0.3) is 0 Å². The second-order valence-corrected chi connectivity index (χ2v) is 3.40. The van der Waals surface area contributed by atoms with E-state index in [0.717, 1.165) is 0 Å². The first kappa shape index (κ1) is 11.9. The molecule has 2 unspecified atom stereocenters. The highest BCUT2D eigenvalue weighted by atomic mass is 35.5. The van der Waals surface area contributed by atoms with Crippen LogP contribution in [0.15, 0.2) is 9.98 Å². The fourth-order valence-corrected chi connectivity index (χ4v) is 1.24. The summed E-state index contributed by atoms with van der Waals surface area (Å²) >= 11 is 5.81. The second-order valence-electron chi connectivity index (χ2n) is 3.06. The summed E-state index contributed by atoms with van der Waals surface area (Å²) in [6.45, 7) is 4.33. The quantitative estimate of drug-likeness (QED) is 0.534. The molecule has 0 saturated heterocycles. The van der Waals surface area contributed by atoms with Crippen LogP contribution in [0.5, 0.6) is 0 Å². The van der Waals surface area contributed by atoms with E-state index >= 15 is 0 Å². The van der Waals surface area contributed by atoms with Crippen molar-refractivity contribution in [3.8, 4) is 6.07 Å². The van der Waals surface area contributed by atoms with Crippen LogP contribution in [-0.2, 0) is 0 Å². The van der Waals surface area contributed by atoms with Crippen LogP contribution in [0.2, 0.25) is 0 Å². The summed E-state index contributed by atoms with van der Waals surface area (Å²) < 4.78 is 0. The first-order chi connectivity index (χ1) is 7.10. The lowest BCUT2D eigenvalue weighted by Crippen LogP contribution is -2.53. The Hall–Kier alpha value is -1.16. The fourth-order valence-electron chi connectivity index (χ4n) is 1.06. The van der Waals surface area contributed by atoms with Gasteiger partial charge in [0.25, 0.3) is 0 Å². The SMILES string of the molecule is CCNC1N=C(C(C)C#N)N=C(Cl)N1N. The number of nitrogens with zero attached hydrogens (tertiary/aromatic N) is 4. The van der Waals surface area contributed by atoms with Gasteiger partial charge in [-0.1, -0.05) is 6.92 Å². The van der Waals surface area contributed by atoms with Gasteiger partial charge in [0.2, 0.25) is 5.29 Å².